The van der Waals surface area contributed by atoms with Crippen molar-refractivity contribution in [2.24, 2.45) is 5.92 Å². The number of ether oxygens (including phenoxy) is 1. The molecule has 1 aromatic carbocycles. The molecular weight excluding hydrogens is 258 g/mol. The van der Waals surface area contributed by atoms with Gasteiger partial charge in [-0.3, -0.25) is 9.69 Å². The van der Waals surface area contributed by atoms with E-state index < -0.39 is 0 Å². The van der Waals surface area contributed by atoms with Crippen molar-refractivity contribution in [2.75, 3.05) is 26.5 Å². The third-order valence-corrected chi connectivity index (χ3v) is 4.43. The zero-order chi connectivity index (χ0) is 13.7. The first-order valence-corrected chi connectivity index (χ1v) is 7.88. The Morgan fingerprint density at radius 1 is 1.32 bits per heavy atom. The Bertz CT molecular complexity index is 411. The number of hydrogen-bond acceptors (Lipinski definition) is 4. The number of esters is 1. The summed E-state index contributed by atoms with van der Waals surface area (Å²) >= 11 is 1.76. The molecule has 4 heteroatoms. The molecule has 1 aliphatic heterocycles. The van der Waals surface area contributed by atoms with E-state index in [0.717, 1.165) is 32.5 Å². The molecule has 0 spiro atoms. The Morgan fingerprint density at radius 2 is 1.95 bits per heavy atom. The van der Waals surface area contributed by atoms with E-state index >= 15 is 0 Å². The van der Waals surface area contributed by atoms with Crippen LogP contribution in [0.3, 0.4) is 0 Å². The Hall–Kier alpha value is -1.00. The van der Waals surface area contributed by atoms with Gasteiger partial charge in [-0.1, -0.05) is 12.1 Å². The number of piperidine rings is 1. The van der Waals surface area contributed by atoms with Gasteiger partial charge in [-0.05, 0) is 49.9 Å². The van der Waals surface area contributed by atoms with E-state index in [1.54, 1.807) is 11.8 Å². The number of rotatable bonds is 4. The van der Waals surface area contributed by atoms with Crippen LogP contribution in [0.1, 0.15) is 18.4 Å². The van der Waals surface area contributed by atoms with Gasteiger partial charge in [0.2, 0.25) is 0 Å². The van der Waals surface area contributed by atoms with Gasteiger partial charge in [0.15, 0.2) is 0 Å². The maximum atomic E-state index is 11.5. The molecular formula is C15H21NO2S. The van der Waals surface area contributed by atoms with Crippen LogP contribution in [0.15, 0.2) is 29.2 Å². The summed E-state index contributed by atoms with van der Waals surface area (Å²) in [5.41, 5.74) is 1.34. The van der Waals surface area contributed by atoms with Gasteiger partial charge in [0.05, 0.1) is 13.0 Å². The summed E-state index contributed by atoms with van der Waals surface area (Å²) in [6, 6.07) is 8.72. The van der Waals surface area contributed by atoms with E-state index in [9.17, 15) is 4.79 Å². The highest BCUT2D eigenvalue weighted by molar-refractivity contribution is 7.98. The Morgan fingerprint density at radius 3 is 2.47 bits per heavy atom. The third-order valence-electron chi connectivity index (χ3n) is 3.69. The van der Waals surface area contributed by atoms with Crippen LogP contribution in [-0.4, -0.2) is 37.3 Å². The fourth-order valence-corrected chi connectivity index (χ4v) is 2.89. The molecule has 1 fully saturated rings. The summed E-state index contributed by atoms with van der Waals surface area (Å²) in [7, 11) is 1.47. The predicted molar refractivity (Wildman–Crippen MR) is 78.2 cm³/mol. The quantitative estimate of drug-likeness (QED) is 0.626. The Labute approximate surface area is 119 Å². The number of hydrogen-bond donors (Lipinski definition) is 0. The number of nitrogens with zero attached hydrogens (tertiary/aromatic N) is 1. The van der Waals surface area contributed by atoms with Gasteiger partial charge in [-0.25, -0.2) is 0 Å². The minimum absolute atomic E-state index is 0.0519. The summed E-state index contributed by atoms with van der Waals surface area (Å²) in [6.07, 6.45) is 3.91. The Kier molecular flexibility index (Phi) is 5.28. The first-order chi connectivity index (χ1) is 9.22. The topological polar surface area (TPSA) is 29.5 Å². The molecule has 1 aromatic rings. The largest absolute Gasteiger partial charge is 0.469 e. The van der Waals surface area contributed by atoms with Gasteiger partial charge < -0.3 is 4.74 Å². The molecule has 0 aromatic heterocycles. The second-order valence-electron chi connectivity index (χ2n) is 4.92. The molecule has 19 heavy (non-hydrogen) atoms. The monoisotopic (exact) mass is 279 g/mol. The molecule has 1 heterocycles. The van der Waals surface area contributed by atoms with Crippen molar-refractivity contribution in [1.82, 2.24) is 4.90 Å². The van der Waals surface area contributed by atoms with E-state index in [-0.39, 0.29) is 11.9 Å². The minimum atomic E-state index is -0.0519. The standard InChI is InChI=1S/C15H21NO2S/c1-18-15(17)13-7-9-16(10-8-13)11-12-3-5-14(19-2)6-4-12/h3-6,13H,7-11H2,1-2H3. The number of carbonyl (C=O) groups is 1. The van der Waals surface area contributed by atoms with Crippen molar-refractivity contribution in [3.05, 3.63) is 29.8 Å². The molecule has 0 radical (unpaired) electrons. The average molecular weight is 279 g/mol. The van der Waals surface area contributed by atoms with Crippen molar-refractivity contribution in [3.8, 4) is 0 Å². The van der Waals surface area contributed by atoms with Crippen molar-refractivity contribution in [3.63, 3.8) is 0 Å². The average Bonchev–Trinajstić information content (AvgIpc) is 2.48. The molecule has 0 N–H and O–H groups in total. The zero-order valence-corrected chi connectivity index (χ0v) is 12.4. The van der Waals surface area contributed by atoms with Crippen LogP contribution in [-0.2, 0) is 16.1 Å². The molecule has 104 valence electrons. The number of thioether (sulfide) groups is 1. The third kappa shape index (κ3) is 3.98. The zero-order valence-electron chi connectivity index (χ0n) is 11.6. The SMILES string of the molecule is COC(=O)C1CCN(Cc2ccc(SC)cc2)CC1. The molecule has 3 nitrogen and oxygen atoms in total. The summed E-state index contributed by atoms with van der Waals surface area (Å²) in [6.45, 7) is 2.93. The lowest BCUT2D eigenvalue weighted by Crippen LogP contribution is -2.36. The van der Waals surface area contributed by atoms with Crippen molar-refractivity contribution >= 4 is 17.7 Å². The van der Waals surface area contributed by atoms with E-state index in [2.05, 4.69) is 35.4 Å². The normalized spacial score (nSPS) is 17.4. The first-order valence-electron chi connectivity index (χ1n) is 6.66. The number of methoxy groups -OCH3 is 1. The molecule has 1 saturated heterocycles. The second kappa shape index (κ2) is 6.96. The molecule has 0 saturated carbocycles. The molecule has 0 bridgehead atoms. The fourth-order valence-electron chi connectivity index (χ4n) is 2.48. The summed E-state index contributed by atoms with van der Waals surface area (Å²) < 4.78 is 4.81. The van der Waals surface area contributed by atoms with Gasteiger partial charge in [0.1, 0.15) is 0 Å². The maximum Gasteiger partial charge on any atom is 0.308 e. The number of benzene rings is 1. The van der Waals surface area contributed by atoms with E-state index in [1.165, 1.54) is 17.6 Å². The van der Waals surface area contributed by atoms with Gasteiger partial charge >= 0.3 is 5.97 Å². The highest BCUT2D eigenvalue weighted by atomic mass is 32.2. The van der Waals surface area contributed by atoms with Crippen LogP contribution >= 0.6 is 11.8 Å². The van der Waals surface area contributed by atoms with Crippen LogP contribution < -0.4 is 0 Å². The minimum Gasteiger partial charge on any atom is -0.469 e. The van der Waals surface area contributed by atoms with Crippen LogP contribution in [0.4, 0.5) is 0 Å². The van der Waals surface area contributed by atoms with Crippen LogP contribution in [0.5, 0.6) is 0 Å². The lowest BCUT2D eigenvalue weighted by atomic mass is 9.97. The lowest BCUT2D eigenvalue weighted by molar-refractivity contribution is -0.147. The van der Waals surface area contributed by atoms with Crippen LogP contribution in [0.25, 0.3) is 0 Å². The van der Waals surface area contributed by atoms with E-state index in [0.29, 0.717) is 0 Å². The lowest BCUT2D eigenvalue weighted by Gasteiger charge is -2.30. The van der Waals surface area contributed by atoms with E-state index in [1.807, 2.05) is 0 Å². The van der Waals surface area contributed by atoms with Gasteiger partial charge in [0, 0.05) is 11.4 Å². The van der Waals surface area contributed by atoms with Crippen molar-refractivity contribution in [2.45, 2.75) is 24.3 Å². The number of likely N-dealkylation sites (tertiary alicyclic amines) is 1. The van der Waals surface area contributed by atoms with Crippen molar-refractivity contribution in [1.29, 1.82) is 0 Å². The van der Waals surface area contributed by atoms with Gasteiger partial charge in [0.25, 0.3) is 0 Å². The summed E-state index contributed by atoms with van der Waals surface area (Å²) in [4.78, 5) is 15.2. The van der Waals surface area contributed by atoms with Gasteiger partial charge in [-0.15, -0.1) is 11.8 Å². The highest BCUT2D eigenvalue weighted by Crippen LogP contribution is 2.21. The molecule has 2 rings (SSSR count). The van der Waals surface area contributed by atoms with Crippen LogP contribution in [0.2, 0.25) is 0 Å². The highest BCUT2D eigenvalue weighted by Gasteiger charge is 2.25. The predicted octanol–water partition coefficient (Wildman–Crippen LogP) is 2.79. The van der Waals surface area contributed by atoms with Gasteiger partial charge in [-0.2, -0.15) is 0 Å². The Balaban J connectivity index is 1.83. The van der Waals surface area contributed by atoms with E-state index in [4.69, 9.17) is 4.74 Å². The molecule has 0 unspecified atom stereocenters. The smallest absolute Gasteiger partial charge is 0.308 e. The molecule has 0 atom stereocenters. The maximum absolute atomic E-state index is 11.5. The molecule has 0 amide bonds. The molecule has 0 aliphatic carbocycles. The second-order valence-corrected chi connectivity index (χ2v) is 5.80. The fraction of sp³-hybridized carbons (Fsp3) is 0.533. The van der Waals surface area contributed by atoms with Crippen molar-refractivity contribution < 1.29 is 9.53 Å². The summed E-state index contributed by atoms with van der Waals surface area (Å²) in [5.74, 6) is 0.0455. The number of carbonyl (C=O) groups excluding carboxylic acids is 1. The first kappa shape index (κ1) is 14.4. The van der Waals surface area contributed by atoms with Crippen LogP contribution in [0, 0.1) is 5.92 Å². The summed E-state index contributed by atoms with van der Waals surface area (Å²) in [5, 5.41) is 0. The molecule has 1 aliphatic rings.